The van der Waals surface area contributed by atoms with Gasteiger partial charge in [0.1, 0.15) is 0 Å². The maximum absolute atomic E-state index is 11.2. The molecule has 2 nitrogen and oxygen atoms in total. The van der Waals surface area contributed by atoms with Gasteiger partial charge in [0.2, 0.25) is 0 Å². The van der Waals surface area contributed by atoms with Gasteiger partial charge in [0.25, 0.3) is 0 Å². The van der Waals surface area contributed by atoms with Crippen molar-refractivity contribution >= 4 is 38.3 Å². The van der Waals surface area contributed by atoms with Crippen LogP contribution in [0.3, 0.4) is 0 Å². The lowest BCUT2D eigenvalue weighted by Crippen LogP contribution is -2.43. The number of hydrogen-bond acceptors (Lipinski definition) is 4. The quantitative estimate of drug-likeness (QED) is 0.484. The zero-order valence-corrected chi connectivity index (χ0v) is 16.6. The van der Waals surface area contributed by atoms with Crippen LogP contribution in [-0.4, -0.2) is 22.4 Å². The molecule has 0 saturated heterocycles. The number of hydrogen-bond donors (Lipinski definition) is 1. The van der Waals surface area contributed by atoms with Gasteiger partial charge in [0.05, 0.1) is 6.04 Å². The molecule has 1 unspecified atom stereocenters. The van der Waals surface area contributed by atoms with Gasteiger partial charge in [-0.25, -0.2) is 0 Å². The molecule has 3 aromatic rings. The summed E-state index contributed by atoms with van der Waals surface area (Å²) in [5.41, 5.74) is 2.21. The third-order valence-corrected chi connectivity index (χ3v) is 7.33. The molecule has 1 N–H and O–H groups in total. The zero-order valence-electron chi connectivity index (χ0n) is 14.9. The van der Waals surface area contributed by atoms with E-state index >= 15 is 0 Å². The summed E-state index contributed by atoms with van der Waals surface area (Å²) in [6, 6.07) is 12.9. The van der Waals surface area contributed by atoms with Crippen LogP contribution in [0.1, 0.15) is 42.5 Å². The van der Waals surface area contributed by atoms with Gasteiger partial charge in [-0.05, 0) is 52.3 Å². The highest BCUT2D eigenvalue weighted by Crippen LogP contribution is 2.36. The van der Waals surface area contributed by atoms with E-state index < -0.39 is 0 Å². The number of fused-ring (bicyclic) bond motifs is 1. The fraction of sp³-hybridized carbons (Fsp3) is 0.364. The Balaban J connectivity index is 1.65. The SMILES string of the molecule is C=C(c1csc2ccccc12)C(Cc1cccs1)N(O)C1CCCCC1. The standard InChI is InChI=1S/C22H25NOS2/c1-16(20-15-26-22-12-6-5-11-19(20)22)21(14-18-10-7-13-25-18)23(24)17-8-3-2-4-9-17/h5-7,10-13,15,17,21,24H,1-4,8-9,14H2. The predicted octanol–water partition coefficient (Wildman–Crippen LogP) is 6.61. The Hall–Kier alpha value is -1.46. The molecule has 0 aliphatic heterocycles. The van der Waals surface area contributed by atoms with Crippen LogP contribution in [0, 0.1) is 0 Å². The predicted molar refractivity (Wildman–Crippen MR) is 113 cm³/mol. The summed E-state index contributed by atoms with van der Waals surface area (Å²) in [6.45, 7) is 4.45. The topological polar surface area (TPSA) is 23.5 Å². The molecule has 2 heterocycles. The molecule has 0 amide bonds. The molecule has 1 aromatic carbocycles. The van der Waals surface area contributed by atoms with Crippen LogP contribution >= 0.6 is 22.7 Å². The van der Waals surface area contributed by atoms with Crippen molar-refractivity contribution in [1.82, 2.24) is 5.06 Å². The van der Waals surface area contributed by atoms with Gasteiger partial charge in [-0.2, -0.15) is 5.06 Å². The third-order valence-electron chi connectivity index (χ3n) is 5.47. The average Bonchev–Trinajstić information content (AvgIpc) is 3.35. The largest absolute Gasteiger partial charge is 0.313 e. The van der Waals surface area contributed by atoms with E-state index in [1.54, 1.807) is 27.7 Å². The number of thiophene rings is 2. The second-order valence-electron chi connectivity index (χ2n) is 7.14. The number of hydroxylamine groups is 2. The summed E-state index contributed by atoms with van der Waals surface area (Å²) < 4.78 is 1.28. The Labute approximate surface area is 163 Å². The molecule has 0 radical (unpaired) electrons. The Morgan fingerprint density at radius 3 is 2.69 bits per heavy atom. The molecular formula is C22H25NOS2. The van der Waals surface area contributed by atoms with E-state index in [0.717, 1.165) is 24.8 Å². The Morgan fingerprint density at radius 2 is 1.92 bits per heavy atom. The van der Waals surface area contributed by atoms with Crippen LogP contribution in [-0.2, 0) is 6.42 Å². The van der Waals surface area contributed by atoms with Gasteiger partial charge in [0, 0.05) is 22.0 Å². The second kappa shape index (κ2) is 8.05. The summed E-state index contributed by atoms with van der Waals surface area (Å²) in [6.07, 6.45) is 6.68. The molecule has 1 atom stereocenters. The van der Waals surface area contributed by atoms with Crippen LogP contribution in [0.2, 0.25) is 0 Å². The van der Waals surface area contributed by atoms with Crippen molar-refractivity contribution in [1.29, 1.82) is 0 Å². The fourth-order valence-corrected chi connectivity index (χ4v) is 5.73. The van der Waals surface area contributed by atoms with E-state index in [4.69, 9.17) is 0 Å². The summed E-state index contributed by atoms with van der Waals surface area (Å²) >= 11 is 3.51. The summed E-state index contributed by atoms with van der Waals surface area (Å²) in [7, 11) is 0. The molecular weight excluding hydrogens is 358 g/mol. The average molecular weight is 384 g/mol. The summed E-state index contributed by atoms with van der Waals surface area (Å²) in [5.74, 6) is 0. The van der Waals surface area contributed by atoms with E-state index in [0.29, 0.717) is 0 Å². The Kier molecular flexibility index (Phi) is 5.55. The van der Waals surface area contributed by atoms with Crippen molar-refractivity contribution in [3.63, 3.8) is 0 Å². The smallest absolute Gasteiger partial charge is 0.0651 e. The first-order valence-electron chi connectivity index (χ1n) is 9.39. The minimum absolute atomic E-state index is 0.0743. The van der Waals surface area contributed by atoms with Gasteiger partial charge >= 0.3 is 0 Å². The van der Waals surface area contributed by atoms with Gasteiger partial charge in [0.15, 0.2) is 0 Å². The van der Waals surface area contributed by atoms with E-state index in [-0.39, 0.29) is 12.1 Å². The van der Waals surface area contributed by atoms with E-state index in [1.807, 2.05) is 0 Å². The molecule has 1 fully saturated rings. The fourth-order valence-electron chi connectivity index (χ4n) is 4.00. The molecule has 4 heteroatoms. The molecule has 1 saturated carbocycles. The van der Waals surface area contributed by atoms with Crippen LogP contribution in [0.15, 0.2) is 53.7 Å². The highest BCUT2D eigenvalue weighted by Gasteiger charge is 2.30. The molecule has 136 valence electrons. The van der Waals surface area contributed by atoms with Crippen LogP contribution < -0.4 is 0 Å². The first-order valence-corrected chi connectivity index (χ1v) is 11.1. The third kappa shape index (κ3) is 3.65. The number of nitrogens with zero attached hydrogens (tertiary/aromatic N) is 1. The lowest BCUT2D eigenvalue weighted by molar-refractivity contribution is -0.152. The van der Waals surface area contributed by atoms with Crippen molar-refractivity contribution in [2.24, 2.45) is 0 Å². The molecule has 1 aliphatic rings. The second-order valence-corrected chi connectivity index (χ2v) is 9.09. The summed E-state index contributed by atoms with van der Waals surface area (Å²) in [5, 5.41) is 18.3. The maximum atomic E-state index is 11.2. The molecule has 26 heavy (non-hydrogen) atoms. The van der Waals surface area contributed by atoms with Crippen molar-refractivity contribution < 1.29 is 5.21 Å². The highest BCUT2D eigenvalue weighted by molar-refractivity contribution is 7.17. The van der Waals surface area contributed by atoms with Gasteiger partial charge in [-0.1, -0.05) is 50.1 Å². The van der Waals surface area contributed by atoms with Gasteiger partial charge in [-0.3, -0.25) is 0 Å². The van der Waals surface area contributed by atoms with E-state index in [2.05, 4.69) is 53.7 Å². The van der Waals surface area contributed by atoms with Crippen LogP contribution in [0.5, 0.6) is 0 Å². The van der Waals surface area contributed by atoms with E-state index in [1.165, 1.54) is 39.8 Å². The minimum Gasteiger partial charge on any atom is -0.313 e. The molecule has 2 aromatic heterocycles. The van der Waals surface area contributed by atoms with Crippen molar-refractivity contribution in [3.8, 4) is 0 Å². The lowest BCUT2D eigenvalue weighted by atomic mass is 9.91. The van der Waals surface area contributed by atoms with Gasteiger partial charge in [-0.15, -0.1) is 22.7 Å². The monoisotopic (exact) mass is 383 g/mol. The van der Waals surface area contributed by atoms with Crippen molar-refractivity contribution in [3.05, 3.63) is 64.2 Å². The van der Waals surface area contributed by atoms with Gasteiger partial charge < -0.3 is 5.21 Å². The number of rotatable bonds is 6. The first-order chi connectivity index (χ1) is 12.7. The van der Waals surface area contributed by atoms with Crippen LogP contribution in [0.25, 0.3) is 15.7 Å². The van der Waals surface area contributed by atoms with Crippen LogP contribution in [0.4, 0.5) is 0 Å². The Morgan fingerprint density at radius 1 is 1.12 bits per heavy atom. The van der Waals surface area contributed by atoms with Crippen molar-refractivity contribution in [2.45, 2.75) is 50.6 Å². The summed E-state index contributed by atoms with van der Waals surface area (Å²) in [4.78, 5) is 1.30. The first kappa shape index (κ1) is 17.9. The highest BCUT2D eigenvalue weighted by atomic mass is 32.1. The van der Waals surface area contributed by atoms with Crippen molar-refractivity contribution in [2.75, 3.05) is 0 Å². The minimum atomic E-state index is -0.0743. The molecule has 1 aliphatic carbocycles. The normalized spacial score (nSPS) is 17.0. The van der Waals surface area contributed by atoms with E-state index in [9.17, 15) is 5.21 Å². The lowest BCUT2D eigenvalue weighted by Gasteiger charge is -2.36. The molecule has 4 rings (SSSR count). The zero-order chi connectivity index (χ0) is 17.9. The molecule has 0 spiro atoms. The number of benzene rings is 1. The maximum Gasteiger partial charge on any atom is 0.0651 e. The Bertz CT molecular complexity index is 861. The molecule has 0 bridgehead atoms.